The minimum atomic E-state index is -1.05. The number of carbonyl (C=O) groups excluding carboxylic acids is 2. The van der Waals surface area contributed by atoms with Crippen molar-refractivity contribution in [2.75, 3.05) is 36.5 Å². The molecule has 4 aromatic carbocycles. The Kier molecular flexibility index (Phi) is 8.83. The molecule has 0 radical (unpaired) electrons. The predicted octanol–water partition coefficient (Wildman–Crippen LogP) is 5.61. The van der Waals surface area contributed by atoms with Crippen LogP contribution in [0.1, 0.15) is 22.7 Å². The van der Waals surface area contributed by atoms with Gasteiger partial charge in [0.1, 0.15) is 11.9 Å². The van der Waals surface area contributed by atoms with E-state index in [4.69, 9.17) is 4.74 Å². The maximum absolute atomic E-state index is 14.4. The Balaban J connectivity index is 1.45. The van der Waals surface area contributed by atoms with Crippen molar-refractivity contribution in [1.82, 2.24) is 4.90 Å². The second-order valence-electron chi connectivity index (χ2n) is 9.76. The van der Waals surface area contributed by atoms with Crippen molar-refractivity contribution in [1.29, 1.82) is 0 Å². The molecule has 1 aliphatic rings. The summed E-state index contributed by atoms with van der Waals surface area (Å²) in [5, 5.41) is 2.98. The number of hydrogen-bond acceptors (Lipinski definition) is 4. The third-order valence-electron chi connectivity index (χ3n) is 6.95. The highest BCUT2D eigenvalue weighted by Crippen LogP contribution is 2.28. The fourth-order valence-corrected chi connectivity index (χ4v) is 4.91. The third-order valence-corrected chi connectivity index (χ3v) is 6.95. The van der Waals surface area contributed by atoms with Gasteiger partial charge in [-0.1, -0.05) is 72.8 Å². The molecule has 204 valence electrons. The molecule has 1 saturated heterocycles. The Morgan fingerprint density at radius 2 is 1.48 bits per heavy atom. The van der Waals surface area contributed by atoms with Crippen LogP contribution in [0.5, 0.6) is 0 Å². The molecule has 1 unspecified atom stereocenters. The Morgan fingerprint density at radius 3 is 2.12 bits per heavy atom. The van der Waals surface area contributed by atoms with Crippen molar-refractivity contribution in [3.8, 4) is 0 Å². The molecule has 0 aromatic heterocycles. The molecule has 6 nitrogen and oxygen atoms in total. The lowest BCUT2D eigenvalue weighted by atomic mass is 10.0. The number of amides is 2. The number of nitrogens with zero attached hydrogens (tertiary/aromatic N) is 2. The van der Waals surface area contributed by atoms with Crippen LogP contribution < -0.4 is 10.2 Å². The van der Waals surface area contributed by atoms with Crippen LogP contribution in [0, 0.1) is 5.82 Å². The first-order valence-electron chi connectivity index (χ1n) is 13.4. The van der Waals surface area contributed by atoms with Gasteiger partial charge >= 0.3 is 0 Å². The lowest BCUT2D eigenvalue weighted by Crippen LogP contribution is -2.41. The zero-order valence-electron chi connectivity index (χ0n) is 22.2. The monoisotopic (exact) mass is 537 g/mol. The molecule has 1 atom stereocenters. The van der Waals surface area contributed by atoms with Gasteiger partial charge < -0.3 is 19.9 Å². The van der Waals surface area contributed by atoms with Gasteiger partial charge in [0.15, 0.2) is 0 Å². The van der Waals surface area contributed by atoms with E-state index < -0.39 is 17.8 Å². The van der Waals surface area contributed by atoms with Gasteiger partial charge in [-0.25, -0.2) is 4.39 Å². The highest BCUT2D eigenvalue weighted by Gasteiger charge is 2.32. The number of halogens is 1. The largest absolute Gasteiger partial charge is 0.378 e. The topological polar surface area (TPSA) is 61.9 Å². The van der Waals surface area contributed by atoms with Gasteiger partial charge in [-0.05, 0) is 53.1 Å². The molecule has 7 heteroatoms. The summed E-state index contributed by atoms with van der Waals surface area (Å²) in [6.07, 6.45) is 0.112. The minimum absolute atomic E-state index is 0.112. The maximum Gasteiger partial charge on any atom is 0.251 e. The zero-order valence-corrected chi connectivity index (χ0v) is 22.2. The Hall–Kier alpha value is -4.49. The Morgan fingerprint density at radius 1 is 0.825 bits per heavy atom. The summed E-state index contributed by atoms with van der Waals surface area (Å²) in [5.41, 5.74) is 3.75. The van der Waals surface area contributed by atoms with E-state index in [1.165, 1.54) is 17.0 Å². The smallest absolute Gasteiger partial charge is 0.251 e. The maximum atomic E-state index is 14.4. The van der Waals surface area contributed by atoms with Crippen LogP contribution in [0.2, 0.25) is 0 Å². The average Bonchev–Trinajstić information content (AvgIpc) is 2.99. The molecule has 0 aliphatic carbocycles. The van der Waals surface area contributed by atoms with E-state index in [9.17, 15) is 14.0 Å². The quantitative estimate of drug-likeness (QED) is 0.301. The molecule has 1 N–H and O–H groups in total. The fraction of sp³-hybridized carbons (Fsp3) is 0.212. The molecule has 5 rings (SSSR count). The number of anilines is 2. The third kappa shape index (κ3) is 6.93. The second-order valence-corrected chi connectivity index (χ2v) is 9.76. The number of carbonyl (C=O) groups is 2. The van der Waals surface area contributed by atoms with Crippen LogP contribution in [0.15, 0.2) is 109 Å². The van der Waals surface area contributed by atoms with Gasteiger partial charge in [-0.15, -0.1) is 0 Å². The molecule has 2 amide bonds. The van der Waals surface area contributed by atoms with E-state index >= 15 is 0 Å². The van der Waals surface area contributed by atoms with Crippen LogP contribution in [0.25, 0.3) is 0 Å². The number of hydrogen-bond donors (Lipinski definition) is 1. The first-order chi connectivity index (χ1) is 19.6. The molecule has 0 saturated carbocycles. The van der Waals surface area contributed by atoms with E-state index in [-0.39, 0.29) is 18.9 Å². The van der Waals surface area contributed by atoms with Gasteiger partial charge in [0, 0.05) is 31.0 Å². The summed E-state index contributed by atoms with van der Waals surface area (Å²) in [5.74, 6) is -1.12. The van der Waals surface area contributed by atoms with Gasteiger partial charge in [0.05, 0.1) is 19.6 Å². The lowest BCUT2D eigenvalue weighted by Gasteiger charge is -2.32. The van der Waals surface area contributed by atoms with Crippen LogP contribution in [0.3, 0.4) is 0 Å². The van der Waals surface area contributed by atoms with Crippen LogP contribution in [-0.4, -0.2) is 43.0 Å². The standard InChI is InChI=1S/C33H32FN3O3/c34-28-13-7-12-27(23-28)32(33(39)35-29-14-16-30(17-15-29)36-18-20-40-21-19-36)37(24-26-10-5-2-6-11-26)31(38)22-25-8-3-1-4-9-25/h1-17,23,32H,18-22,24H2,(H,35,39). The summed E-state index contributed by atoms with van der Waals surface area (Å²) in [6, 6.07) is 31.4. The fourth-order valence-electron chi connectivity index (χ4n) is 4.91. The molecule has 1 aliphatic heterocycles. The van der Waals surface area contributed by atoms with E-state index in [2.05, 4.69) is 10.2 Å². The average molecular weight is 538 g/mol. The number of ether oxygens (including phenoxy) is 1. The predicted molar refractivity (Wildman–Crippen MR) is 154 cm³/mol. The van der Waals surface area contributed by atoms with E-state index in [1.54, 1.807) is 12.1 Å². The number of nitrogens with one attached hydrogen (secondary N) is 1. The van der Waals surface area contributed by atoms with Crippen molar-refractivity contribution >= 4 is 23.2 Å². The van der Waals surface area contributed by atoms with Crippen molar-refractivity contribution in [2.45, 2.75) is 19.0 Å². The Bertz CT molecular complexity index is 1410. The van der Waals surface area contributed by atoms with E-state index in [0.29, 0.717) is 24.5 Å². The Labute approximate surface area is 234 Å². The first kappa shape index (κ1) is 27.1. The van der Waals surface area contributed by atoms with E-state index in [1.807, 2.05) is 84.9 Å². The molecule has 4 aromatic rings. The zero-order chi connectivity index (χ0) is 27.7. The first-order valence-corrected chi connectivity index (χ1v) is 13.4. The minimum Gasteiger partial charge on any atom is -0.378 e. The summed E-state index contributed by atoms with van der Waals surface area (Å²) < 4.78 is 19.9. The summed E-state index contributed by atoms with van der Waals surface area (Å²) >= 11 is 0. The lowest BCUT2D eigenvalue weighted by molar-refractivity contribution is -0.139. The SMILES string of the molecule is O=C(Nc1ccc(N2CCOCC2)cc1)C(c1cccc(F)c1)N(Cc1ccccc1)C(=O)Cc1ccccc1. The van der Waals surface area contributed by atoms with Crippen LogP contribution in [-0.2, 0) is 27.3 Å². The normalized spacial score (nSPS) is 13.9. The summed E-state index contributed by atoms with van der Waals surface area (Å²) in [4.78, 5) is 31.5. The molecule has 0 bridgehead atoms. The second kappa shape index (κ2) is 13.0. The molecule has 40 heavy (non-hydrogen) atoms. The number of rotatable bonds is 9. The van der Waals surface area contributed by atoms with Gasteiger partial charge in [-0.3, -0.25) is 9.59 Å². The molecule has 0 spiro atoms. The van der Waals surface area contributed by atoms with Crippen LogP contribution in [0.4, 0.5) is 15.8 Å². The van der Waals surface area contributed by atoms with E-state index in [0.717, 1.165) is 29.9 Å². The van der Waals surface area contributed by atoms with Gasteiger partial charge in [0.2, 0.25) is 5.91 Å². The molecular formula is C33H32FN3O3. The molecule has 1 heterocycles. The number of benzene rings is 4. The van der Waals surface area contributed by atoms with Gasteiger partial charge in [-0.2, -0.15) is 0 Å². The van der Waals surface area contributed by atoms with Gasteiger partial charge in [0.25, 0.3) is 5.91 Å². The highest BCUT2D eigenvalue weighted by atomic mass is 19.1. The highest BCUT2D eigenvalue weighted by molar-refractivity contribution is 5.98. The van der Waals surface area contributed by atoms with Crippen molar-refractivity contribution in [3.05, 3.63) is 132 Å². The molecular weight excluding hydrogens is 505 g/mol. The van der Waals surface area contributed by atoms with Crippen molar-refractivity contribution < 1.29 is 18.7 Å². The van der Waals surface area contributed by atoms with Crippen molar-refractivity contribution in [3.63, 3.8) is 0 Å². The summed E-state index contributed by atoms with van der Waals surface area (Å²) in [7, 11) is 0. The molecule has 1 fully saturated rings. The summed E-state index contributed by atoms with van der Waals surface area (Å²) in [6.45, 7) is 3.18. The number of morpholine rings is 1. The van der Waals surface area contributed by atoms with Crippen LogP contribution >= 0.6 is 0 Å². The van der Waals surface area contributed by atoms with Crippen molar-refractivity contribution in [2.24, 2.45) is 0 Å².